The lowest BCUT2D eigenvalue weighted by Crippen LogP contribution is -2.18. The van der Waals surface area contributed by atoms with Gasteiger partial charge in [0, 0.05) is 12.0 Å². The summed E-state index contributed by atoms with van der Waals surface area (Å²) in [5, 5.41) is 14.9. The zero-order valence-electron chi connectivity index (χ0n) is 14.8. The number of furan rings is 1. The molecule has 3 aromatic rings. The number of aliphatic hydroxyl groups excluding tert-OH is 1. The smallest absolute Gasteiger partial charge is 0.240 e. The molecule has 1 aromatic heterocycles. The Bertz CT molecular complexity index is 971. The molecule has 0 spiro atoms. The fourth-order valence-electron chi connectivity index (χ4n) is 2.56. The molecule has 7 heteroatoms. The van der Waals surface area contributed by atoms with Crippen LogP contribution < -0.4 is 5.43 Å². The van der Waals surface area contributed by atoms with Crippen molar-refractivity contribution < 1.29 is 14.3 Å². The fraction of sp³-hybridized carbons (Fsp3) is 0.143. The summed E-state index contributed by atoms with van der Waals surface area (Å²) >= 11 is 11.9. The maximum atomic E-state index is 11.9. The summed E-state index contributed by atoms with van der Waals surface area (Å²) in [5.74, 6) is 0.797. The van der Waals surface area contributed by atoms with Crippen molar-refractivity contribution in [1.29, 1.82) is 0 Å². The summed E-state index contributed by atoms with van der Waals surface area (Å²) in [6.45, 7) is 0. The van der Waals surface area contributed by atoms with Crippen molar-refractivity contribution in [2.75, 3.05) is 0 Å². The number of rotatable bonds is 7. The number of hydrogen-bond donors (Lipinski definition) is 2. The van der Waals surface area contributed by atoms with Gasteiger partial charge in [-0.3, -0.25) is 4.79 Å². The van der Waals surface area contributed by atoms with E-state index in [1.807, 2.05) is 30.3 Å². The zero-order valence-corrected chi connectivity index (χ0v) is 16.3. The summed E-state index contributed by atoms with van der Waals surface area (Å²) in [7, 11) is 0. The van der Waals surface area contributed by atoms with E-state index in [0.717, 1.165) is 11.1 Å². The second-order valence-electron chi connectivity index (χ2n) is 6.09. The zero-order chi connectivity index (χ0) is 19.9. The first-order valence-electron chi connectivity index (χ1n) is 8.63. The molecule has 1 heterocycles. The first-order valence-corrected chi connectivity index (χ1v) is 9.38. The largest absolute Gasteiger partial charge is 0.455 e. The number of hydrazone groups is 1. The van der Waals surface area contributed by atoms with Crippen molar-refractivity contribution in [2.24, 2.45) is 5.10 Å². The molecule has 2 aromatic carbocycles. The lowest BCUT2D eigenvalue weighted by molar-refractivity contribution is -0.121. The second kappa shape index (κ2) is 9.55. The van der Waals surface area contributed by atoms with Crippen LogP contribution in [-0.4, -0.2) is 17.2 Å². The van der Waals surface area contributed by atoms with Gasteiger partial charge in [0.25, 0.3) is 0 Å². The molecule has 28 heavy (non-hydrogen) atoms. The van der Waals surface area contributed by atoms with Crippen LogP contribution in [0.3, 0.4) is 0 Å². The Morgan fingerprint density at radius 2 is 1.89 bits per heavy atom. The molecule has 1 atom stereocenters. The van der Waals surface area contributed by atoms with E-state index in [1.54, 1.807) is 30.3 Å². The van der Waals surface area contributed by atoms with Crippen LogP contribution >= 0.6 is 23.2 Å². The van der Waals surface area contributed by atoms with Gasteiger partial charge in [-0.05, 0) is 42.3 Å². The van der Waals surface area contributed by atoms with Gasteiger partial charge in [-0.15, -0.1) is 0 Å². The Balaban J connectivity index is 1.50. The van der Waals surface area contributed by atoms with Gasteiger partial charge in [-0.25, -0.2) is 5.43 Å². The molecule has 0 aliphatic carbocycles. The maximum Gasteiger partial charge on any atom is 0.240 e. The molecule has 144 valence electrons. The predicted molar refractivity (Wildman–Crippen MR) is 111 cm³/mol. The quantitative estimate of drug-likeness (QED) is 0.409. The number of amides is 1. The number of aliphatic hydroxyl groups is 1. The van der Waals surface area contributed by atoms with E-state index >= 15 is 0 Å². The number of nitrogens with zero attached hydrogens (tertiary/aromatic N) is 1. The Kier molecular flexibility index (Phi) is 6.87. The third-order valence-corrected chi connectivity index (χ3v) is 4.78. The van der Waals surface area contributed by atoms with Crippen LogP contribution in [0.1, 0.15) is 30.3 Å². The third-order valence-electron chi connectivity index (χ3n) is 4.04. The Morgan fingerprint density at radius 3 is 2.64 bits per heavy atom. The summed E-state index contributed by atoms with van der Waals surface area (Å²) < 4.78 is 5.66. The molecule has 0 aliphatic rings. The van der Waals surface area contributed by atoms with Crippen LogP contribution in [0.2, 0.25) is 10.0 Å². The SMILES string of the molecule is O=C(CC[C@@H](O)c1ccccc1)N/N=C\c1ccc(-c2ccc(Cl)c(Cl)c2)o1. The number of carbonyl (C=O) groups excluding carboxylic acids is 1. The second-order valence-corrected chi connectivity index (χ2v) is 6.90. The molecule has 1 amide bonds. The molecule has 5 nitrogen and oxygen atoms in total. The van der Waals surface area contributed by atoms with Crippen molar-refractivity contribution >= 4 is 35.3 Å². The van der Waals surface area contributed by atoms with Crippen molar-refractivity contribution in [3.8, 4) is 11.3 Å². The Labute approximate surface area is 172 Å². The van der Waals surface area contributed by atoms with Crippen molar-refractivity contribution in [3.05, 3.63) is 82.0 Å². The van der Waals surface area contributed by atoms with Gasteiger partial charge >= 0.3 is 0 Å². The van der Waals surface area contributed by atoms with Crippen LogP contribution in [0.25, 0.3) is 11.3 Å². The van der Waals surface area contributed by atoms with Gasteiger partial charge in [0.1, 0.15) is 11.5 Å². The van der Waals surface area contributed by atoms with E-state index < -0.39 is 6.10 Å². The molecule has 0 aliphatic heterocycles. The summed E-state index contributed by atoms with van der Waals surface area (Å²) in [5.41, 5.74) is 3.99. The first kappa shape index (κ1) is 20.1. The number of benzene rings is 2. The number of halogens is 2. The molecular formula is C21H18Cl2N2O3. The lowest BCUT2D eigenvalue weighted by atomic mass is 10.1. The summed E-state index contributed by atoms with van der Waals surface area (Å²) in [4.78, 5) is 11.9. The maximum absolute atomic E-state index is 11.9. The summed E-state index contributed by atoms with van der Waals surface area (Å²) in [6.07, 6.45) is 1.19. The molecule has 0 saturated heterocycles. The molecule has 3 rings (SSSR count). The van der Waals surface area contributed by atoms with Crippen molar-refractivity contribution in [2.45, 2.75) is 18.9 Å². The lowest BCUT2D eigenvalue weighted by Gasteiger charge is -2.09. The number of hydrogen-bond acceptors (Lipinski definition) is 4. The fourth-order valence-corrected chi connectivity index (χ4v) is 2.86. The van der Waals surface area contributed by atoms with Gasteiger partial charge in [-0.1, -0.05) is 53.5 Å². The highest BCUT2D eigenvalue weighted by Crippen LogP contribution is 2.29. The Hall–Kier alpha value is -2.60. The van der Waals surface area contributed by atoms with Crippen LogP contribution in [0.15, 0.2) is 70.2 Å². The van der Waals surface area contributed by atoms with E-state index in [0.29, 0.717) is 28.0 Å². The minimum absolute atomic E-state index is 0.153. The predicted octanol–water partition coefficient (Wildman–Crippen LogP) is 5.22. The number of nitrogens with one attached hydrogen (secondary N) is 1. The highest BCUT2D eigenvalue weighted by molar-refractivity contribution is 6.42. The van der Waals surface area contributed by atoms with E-state index in [2.05, 4.69) is 10.5 Å². The van der Waals surface area contributed by atoms with Crippen molar-refractivity contribution in [3.63, 3.8) is 0 Å². The van der Waals surface area contributed by atoms with Crippen LogP contribution in [-0.2, 0) is 4.79 Å². The van der Waals surface area contributed by atoms with Gasteiger partial charge < -0.3 is 9.52 Å². The molecule has 2 N–H and O–H groups in total. The first-order chi connectivity index (χ1) is 13.5. The monoisotopic (exact) mass is 416 g/mol. The van der Waals surface area contributed by atoms with Crippen molar-refractivity contribution in [1.82, 2.24) is 5.43 Å². The van der Waals surface area contributed by atoms with E-state index in [-0.39, 0.29) is 12.3 Å². The average Bonchev–Trinajstić information content (AvgIpc) is 3.18. The molecular weight excluding hydrogens is 399 g/mol. The van der Waals surface area contributed by atoms with Gasteiger partial charge in [0.15, 0.2) is 0 Å². The molecule has 0 bridgehead atoms. The van der Waals surface area contributed by atoms with Gasteiger partial charge in [0.05, 0.1) is 22.4 Å². The van der Waals surface area contributed by atoms with E-state index in [4.69, 9.17) is 27.6 Å². The number of carbonyl (C=O) groups is 1. The van der Waals surface area contributed by atoms with Crippen LogP contribution in [0.5, 0.6) is 0 Å². The topological polar surface area (TPSA) is 74.8 Å². The van der Waals surface area contributed by atoms with Gasteiger partial charge in [-0.2, -0.15) is 5.10 Å². The molecule has 0 fully saturated rings. The minimum atomic E-state index is -0.685. The molecule has 0 saturated carbocycles. The van der Waals surface area contributed by atoms with E-state index in [9.17, 15) is 9.90 Å². The van der Waals surface area contributed by atoms with Crippen LogP contribution in [0.4, 0.5) is 0 Å². The highest BCUT2D eigenvalue weighted by Gasteiger charge is 2.10. The van der Waals surface area contributed by atoms with Crippen LogP contribution in [0, 0.1) is 0 Å². The summed E-state index contributed by atoms with van der Waals surface area (Å²) in [6, 6.07) is 17.9. The average molecular weight is 417 g/mol. The minimum Gasteiger partial charge on any atom is -0.455 e. The third kappa shape index (κ3) is 5.45. The normalized spacial score (nSPS) is 12.2. The Morgan fingerprint density at radius 1 is 1.11 bits per heavy atom. The highest BCUT2D eigenvalue weighted by atomic mass is 35.5. The van der Waals surface area contributed by atoms with E-state index in [1.165, 1.54) is 6.21 Å². The van der Waals surface area contributed by atoms with Gasteiger partial charge in [0.2, 0.25) is 5.91 Å². The molecule has 0 radical (unpaired) electrons. The molecule has 0 unspecified atom stereocenters. The standard InChI is InChI=1S/C21H18Cl2N2O3/c22-17-8-6-15(12-18(17)23)20-10-7-16(28-20)13-24-25-21(27)11-9-19(26)14-4-2-1-3-5-14/h1-8,10,12-13,19,26H,9,11H2,(H,25,27)/b24-13-/t19-/m1/s1.